The molecule has 1 aliphatic carbocycles. The highest BCUT2D eigenvalue weighted by Gasteiger charge is 2.44. The SMILES string of the molecule is NC(=O)[C@@H]1C[C@@H]1OC1CCCCO1. The van der Waals surface area contributed by atoms with Gasteiger partial charge in [0.25, 0.3) is 0 Å². The van der Waals surface area contributed by atoms with E-state index in [1.165, 1.54) is 0 Å². The highest BCUT2D eigenvalue weighted by molar-refractivity contribution is 5.80. The first-order valence-corrected chi connectivity index (χ1v) is 4.84. The molecule has 3 atom stereocenters. The van der Waals surface area contributed by atoms with E-state index in [0.717, 1.165) is 32.3 Å². The molecule has 1 saturated carbocycles. The Bertz CT molecular complexity index is 201. The Morgan fingerprint density at radius 1 is 1.46 bits per heavy atom. The maximum Gasteiger partial charge on any atom is 0.223 e. The molecule has 0 bridgehead atoms. The molecular weight excluding hydrogens is 170 g/mol. The van der Waals surface area contributed by atoms with Gasteiger partial charge in [-0.3, -0.25) is 4.79 Å². The highest BCUT2D eigenvalue weighted by atomic mass is 16.7. The molecule has 4 heteroatoms. The van der Waals surface area contributed by atoms with Crippen LogP contribution in [0.3, 0.4) is 0 Å². The van der Waals surface area contributed by atoms with Crippen LogP contribution in [0, 0.1) is 5.92 Å². The predicted molar refractivity (Wildman–Crippen MR) is 45.8 cm³/mol. The molecule has 0 spiro atoms. The maximum absolute atomic E-state index is 10.7. The van der Waals surface area contributed by atoms with Crippen molar-refractivity contribution in [3.8, 4) is 0 Å². The number of hydrogen-bond acceptors (Lipinski definition) is 3. The Morgan fingerprint density at radius 2 is 2.31 bits per heavy atom. The third-order valence-corrected chi connectivity index (χ3v) is 2.56. The molecule has 1 unspecified atom stereocenters. The van der Waals surface area contributed by atoms with Gasteiger partial charge in [-0.2, -0.15) is 0 Å². The van der Waals surface area contributed by atoms with Gasteiger partial charge in [0, 0.05) is 6.61 Å². The molecule has 1 amide bonds. The van der Waals surface area contributed by atoms with Gasteiger partial charge < -0.3 is 15.2 Å². The first-order chi connectivity index (χ1) is 6.27. The van der Waals surface area contributed by atoms with Gasteiger partial charge in [-0.1, -0.05) is 0 Å². The largest absolute Gasteiger partial charge is 0.369 e. The zero-order valence-electron chi connectivity index (χ0n) is 7.57. The maximum atomic E-state index is 10.7. The van der Waals surface area contributed by atoms with Gasteiger partial charge in [-0.15, -0.1) is 0 Å². The fourth-order valence-corrected chi connectivity index (χ4v) is 1.63. The average molecular weight is 185 g/mol. The van der Waals surface area contributed by atoms with Crippen molar-refractivity contribution in [2.75, 3.05) is 6.61 Å². The van der Waals surface area contributed by atoms with Crippen molar-refractivity contribution in [3.05, 3.63) is 0 Å². The zero-order valence-corrected chi connectivity index (χ0v) is 7.57. The van der Waals surface area contributed by atoms with Crippen molar-refractivity contribution in [1.29, 1.82) is 0 Å². The van der Waals surface area contributed by atoms with Gasteiger partial charge in [0.1, 0.15) is 0 Å². The normalized spacial score (nSPS) is 38.6. The number of amides is 1. The van der Waals surface area contributed by atoms with Crippen LogP contribution in [0.2, 0.25) is 0 Å². The van der Waals surface area contributed by atoms with E-state index in [-0.39, 0.29) is 24.2 Å². The van der Waals surface area contributed by atoms with Crippen LogP contribution in [0.4, 0.5) is 0 Å². The zero-order chi connectivity index (χ0) is 9.26. The molecule has 13 heavy (non-hydrogen) atoms. The molecular formula is C9H15NO3. The summed E-state index contributed by atoms with van der Waals surface area (Å²) >= 11 is 0. The summed E-state index contributed by atoms with van der Waals surface area (Å²) in [7, 11) is 0. The smallest absolute Gasteiger partial charge is 0.223 e. The van der Waals surface area contributed by atoms with Crippen molar-refractivity contribution in [2.45, 2.75) is 38.1 Å². The Labute approximate surface area is 77.4 Å². The van der Waals surface area contributed by atoms with Crippen LogP contribution in [-0.2, 0) is 14.3 Å². The third kappa shape index (κ3) is 2.19. The van der Waals surface area contributed by atoms with E-state index in [1.807, 2.05) is 0 Å². The van der Waals surface area contributed by atoms with Gasteiger partial charge in [0.2, 0.25) is 5.91 Å². The fraction of sp³-hybridized carbons (Fsp3) is 0.889. The van der Waals surface area contributed by atoms with Crippen molar-refractivity contribution in [1.82, 2.24) is 0 Å². The lowest BCUT2D eigenvalue weighted by Crippen LogP contribution is -2.25. The van der Waals surface area contributed by atoms with Crippen molar-refractivity contribution in [3.63, 3.8) is 0 Å². The standard InChI is InChI=1S/C9H15NO3/c10-9(11)6-5-7(6)13-8-3-1-2-4-12-8/h6-8H,1-5H2,(H2,10,11)/t6-,7+,8?/m1/s1. The van der Waals surface area contributed by atoms with Crippen LogP contribution in [0.1, 0.15) is 25.7 Å². The molecule has 2 aliphatic rings. The Kier molecular flexibility index (Phi) is 2.51. The molecule has 1 saturated heterocycles. The highest BCUT2D eigenvalue weighted by Crippen LogP contribution is 2.35. The van der Waals surface area contributed by atoms with Gasteiger partial charge in [-0.05, 0) is 25.7 Å². The lowest BCUT2D eigenvalue weighted by atomic mass is 10.2. The number of ether oxygens (including phenoxy) is 2. The Balaban J connectivity index is 1.70. The number of nitrogens with two attached hydrogens (primary N) is 1. The van der Waals surface area contributed by atoms with Gasteiger partial charge >= 0.3 is 0 Å². The second-order valence-electron chi connectivity index (χ2n) is 3.72. The number of hydrogen-bond donors (Lipinski definition) is 1. The summed E-state index contributed by atoms with van der Waals surface area (Å²) in [5.41, 5.74) is 5.13. The van der Waals surface area contributed by atoms with E-state index in [0.29, 0.717) is 0 Å². The number of primary amides is 1. The fourth-order valence-electron chi connectivity index (χ4n) is 1.63. The molecule has 2 rings (SSSR count). The van der Waals surface area contributed by atoms with E-state index in [9.17, 15) is 4.79 Å². The summed E-state index contributed by atoms with van der Waals surface area (Å²) in [4.78, 5) is 10.7. The lowest BCUT2D eigenvalue weighted by molar-refractivity contribution is -0.171. The van der Waals surface area contributed by atoms with Crippen LogP contribution in [0.25, 0.3) is 0 Å². The molecule has 4 nitrogen and oxygen atoms in total. The monoisotopic (exact) mass is 185 g/mol. The molecule has 2 N–H and O–H groups in total. The number of carbonyl (C=O) groups excluding carboxylic acids is 1. The van der Waals surface area contributed by atoms with Crippen LogP contribution < -0.4 is 5.73 Å². The summed E-state index contributed by atoms with van der Waals surface area (Å²) in [6, 6.07) is 0. The van der Waals surface area contributed by atoms with Crippen molar-refractivity contribution in [2.24, 2.45) is 11.7 Å². The van der Waals surface area contributed by atoms with Crippen LogP contribution >= 0.6 is 0 Å². The topological polar surface area (TPSA) is 61.6 Å². The molecule has 1 heterocycles. The van der Waals surface area contributed by atoms with Crippen LogP contribution in [0.15, 0.2) is 0 Å². The van der Waals surface area contributed by atoms with E-state index in [2.05, 4.69) is 0 Å². The second-order valence-corrected chi connectivity index (χ2v) is 3.72. The van der Waals surface area contributed by atoms with E-state index >= 15 is 0 Å². The quantitative estimate of drug-likeness (QED) is 0.692. The molecule has 0 aromatic heterocycles. The van der Waals surface area contributed by atoms with Crippen molar-refractivity contribution >= 4 is 5.91 Å². The van der Waals surface area contributed by atoms with E-state index < -0.39 is 0 Å². The molecule has 2 fully saturated rings. The van der Waals surface area contributed by atoms with E-state index in [1.54, 1.807) is 0 Å². The first kappa shape index (κ1) is 8.97. The molecule has 1 aliphatic heterocycles. The van der Waals surface area contributed by atoms with Crippen LogP contribution in [-0.4, -0.2) is 24.9 Å². The molecule has 0 aromatic rings. The third-order valence-electron chi connectivity index (χ3n) is 2.56. The summed E-state index contributed by atoms with van der Waals surface area (Å²) in [6.45, 7) is 0.776. The number of rotatable bonds is 3. The molecule has 0 aromatic carbocycles. The lowest BCUT2D eigenvalue weighted by Gasteiger charge is -2.22. The molecule has 74 valence electrons. The minimum absolute atomic E-state index is 0.0283. The summed E-state index contributed by atoms with van der Waals surface area (Å²) in [6.07, 6.45) is 3.92. The van der Waals surface area contributed by atoms with Crippen LogP contribution in [0.5, 0.6) is 0 Å². The first-order valence-electron chi connectivity index (χ1n) is 4.84. The van der Waals surface area contributed by atoms with Gasteiger partial charge in [0.15, 0.2) is 6.29 Å². The number of carbonyl (C=O) groups is 1. The predicted octanol–water partition coefficient (Wildman–Crippen LogP) is 0.403. The van der Waals surface area contributed by atoms with E-state index in [4.69, 9.17) is 15.2 Å². The van der Waals surface area contributed by atoms with Gasteiger partial charge in [0.05, 0.1) is 12.0 Å². The molecule has 0 radical (unpaired) electrons. The summed E-state index contributed by atoms with van der Waals surface area (Å²) in [5, 5.41) is 0. The van der Waals surface area contributed by atoms with Gasteiger partial charge in [-0.25, -0.2) is 0 Å². The summed E-state index contributed by atoms with van der Waals surface area (Å²) in [5.74, 6) is -0.314. The van der Waals surface area contributed by atoms with Crippen molar-refractivity contribution < 1.29 is 14.3 Å². The second kappa shape index (κ2) is 3.64. The summed E-state index contributed by atoms with van der Waals surface area (Å²) < 4.78 is 10.9. The minimum atomic E-state index is -0.249. The average Bonchev–Trinajstić information content (AvgIpc) is 2.86. The Morgan fingerprint density at radius 3 is 2.85 bits per heavy atom. The Hall–Kier alpha value is -0.610. The minimum Gasteiger partial charge on any atom is -0.369 e.